The van der Waals surface area contributed by atoms with Crippen molar-refractivity contribution in [1.82, 2.24) is 0 Å². The maximum atomic E-state index is 12.3. The highest BCUT2D eigenvalue weighted by Gasteiger charge is 2.22. The van der Waals surface area contributed by atoms with E-state index >= 15 is 0 Å². The lowest BCUT2D eigenvalue weighted by molar-refractivity contribution is 0.0636. The zero-order chi connectivity index (χ0) is 19.3. The first kappa shape index (κ1) is 19.1. The van der Waals surface area contributed by atoms with Gasteiger partial charge in [-0.3, -0.25) is 5.32 Å². The fraction of sp³-hybridized carbons (Fsp3) is 0.174. The van der Waals surface area contributed by atoms with Crippen LogP contribution >= 0.6 is 7.92 Å². The van der Waals surface area contributed by atoms with Crippen LogP contribution in [0, 0.1) is 0 Å². The van der Waals surface area contributed by atoms with E-state index in [9.17, 15) is 4.79 Å². The third-order valence-electron chi connectivity index (χ3n) is 3.81. The number of benzene rings is 3. The van der Waals surface area contributed by atoms with E-state index in [4.69, 9.17) is 4.74 Å². The van der Waals surface area contributed by atoms with Crippen molar-refractivity contribution in [3.63, 3.8) is 0 Å². The molecule has 1 amide bonds. The van der Waals surface area contributed by atoms with Crippen LogP contribution in [-0.2, 0) is 4.74 Å². The summed E-state index contributed by atoms with van der Waals surface area (Å²) in [6.45, 7) is 5.58. The van der Waals surface area contributed by atoms with E-state index in [1.54, 1.807) is 0 Å². The number of para-hydroxylation sites is 1. The summed E-state index contributed by atoms with van der Waals surface area (Å²) < 4.78 is 5.44. The largest absolute Gasteiger partial charge is 0.444 e. The molecule has 0 fully saturated rings. The number of nitrogens with one attached hydrogen (secondary N) is 1. The van der Waals surface area contributed by atoms with Crippen LogP contribution in [0.5, 0.6) is 0 Å². The Balaban J connectivity index is 2.02. The predicted molar refractivity (Wildman–Crippen MR) is 115 cm³/mol. The first-order valence-electron chi connectivity index (χ1n) is 8.93. The van der Waals surface area contributed by atoms with Gasteiger partial charge in [0.25, 0.3) is 0 Å². The quantitative estimate of drug-likeness (QED) is 0.664. The molecule has 0 aromatic heterocycles. The molecule has 0 aliphatic rings. The summed E-state index contributed by atoms with van der Waals surface area (Å²) in [4.78, 5) is 12.3. The molecule has 0 aliphatic carbocycles. The molecule has 0 radical (unpaired) electrons. The van der Waals surface area contributed by atoms with Gasteiger partial charge < -0.3 is 4.74 Å². The first-order valence-corrected chi connectivity index (χ1v) is 10.3. The maximum Gasteiger partial charge on any atom is 0.412 e. The molecule has 0 saturated heterocycles. The average molecular weight is 377 g/mol. The lowest BCUT2D eigenvalue weighted by Crippen LogP contribution is -2.30. The van der Waals surface area contributed by atoms with Gasteiger partial charge in [0.15, 0.2) is 0 Å². The SMILES string of the molecule is CC(C)(C)OC(=O)Nc1ccccc1P(c1ccccc1)c1ccccc1. The molecule has 0 atom stereocenters. The van der Waals surface area contributed by atoms with Crippen molar-refractivity contribution in [3.8, 4) is 0 Å². The average Bonchev–Trinajstić information content (AvgIpc) is 2.64. The minimum atomic E-state index is -0.801. The van der Waals surface area contributed by atoms with Gasteiger partial charge in [0.05, 0.1) is 5.69 Å². The van der Waals surface area contributed by atoms with Gasteiger partial charge in [-0.05, 0) is 45.4 Å². The van der Waals surface area contributed by atoms with E-state index in [-0.39, 0.29) is 0 Å². The summed E-state index contributed by atoms with van der Waals surface area (Å²) in [5.41, 5.74) is 0.244. The van der Waals surface area contributed by atoms with Crippen molar-refractivity contribution < 1.29 is 9.53 Å². The second-order valence-corrected chi connectivity index (χ2v) is 9.34. The molecule has 3 aromatic carbocycles. The van der Waals surface area contributed by atoms with Gasteiger partial charge in [-0.2, -0.15) is 0 Å². The molecule has 4 heteroatoms. The third kappa shape index (κ3) is 5.18. The summed E-state index contributed by atoms with van der Waals surface area (Å²) in [6, 6.07) is 28.8. The maximum absolute atomic E-state index is 12.3. The molecule has 0 aliphatic heterocycles. The molecule has 1 N–H and O–H groups in total. The van der Waals surface area contributed by atoms with E-state index in [0.29, 0.717) is 0 Å². The van der Waals surface area contributed by atoms with Crippen molar-refractivity contribution in [1.29, 1.82) is 0 Å². The fourth-order valence-electron chi connectivity index (χ4n) is 2.77. The van der Waals surface area contributed by atoms with E-state index in [0.717, 1.165) is 11.0 Å². The van der Waals surface area contributed by atoms with Gasteiger partial charge in [-0.25, -0.2) is 4.79 Å². The first-order chi connectivity index (χ1) is 12.9. The summed E-state index contributed by atoms with van der Waals surface area (Å²) in [5.74, 6) is 0. The molecule has 138 valence electrons. The van der Waals surface area contributed by atoms with Crippen LogP contribution in [0.25, 0.3) is 0 Å². The summed E-state index contributed by atoms with van der Waals surface area (Å²) in [6.07, 6.45) is -0.439. The predicted octanol–water partition coefficient (Wildman–Crippen LogP) is 4.79. The summed E-state index contributed by atoms with van der Waals surface area (Å²) >= 11 is 0. The lowest BCUT2D eigenvalue weighted by Gasteiger charge is -2.24. The highest BCUT2D eigenvalue weighted by Crippen LogP contribution is 2.35. The number of ether oxygens (including phenoxy) is 1. The molecule has 3 nitrogen and oxygen atoms in total. The Labute approximate surface area is 162 Å². The normalized spacial score (nSPS) is 11.3. The molecular formula is C23H24NO2P. The Hall–Kier alpha value is -2.64. The van der Waals surface area contributed by atoms with E-state index in [1.807, 2.05) is 51.1 Å². The van der Waals surface area contributed by atoms with E-state index in [1.165, 1.54) is 10.6 Å². The number of amides is 1. The summed E-state index contributed by atoms with van der Waals surface area (Å²) in [7, 11) is -0.801. The van der Waals surface area contributed by atoms with Crippen LogP contribution in [-0.4, -0.2) is 11.7 Å². The number of carbonyl (C=O) groups is 1. The molecule has 0 bridgehead atoms. The number of anilines is 1. The highest BCUT2D eigenvalue weighted by molar-refractivity contribution is 7.80. The molecule has 3 aromatic rings. The Morgan fingerprint density at radius 2 is 1.26 bits per heavy atom. The number of hydrogen-bond donors (Lipinski definition) is 1. The van der Waals surface area contributed by atoms with Gasteiger partial charge in [0.1, 0.15) is 5.60 Å². The van der Waals surface area contributed by atoms with Crippen LogP contribution in [0.1, 0.15) is 20.8 Å². The van der Waals surface area contributed by atoms with Gasteiger partial charge in [0, 0.05) is 5.30 Å². The van der Waals surface area contributed by atoms with Crippen LogP contribution in [0.4, 0.5) is 10.5 Å². The van der Waals surface area contributed by atoms with Gasteiger partial charge >= 0.3 is 6.09 Å². The van der Waals surface area contributed by atoms with Gasteiger partial charge in [-0.15, -0.1) is 0 Å². The molecule has 27 heavy (non-hydrogen) atoms. The summed E-state index contributed by atoms with van der Waals surface area (Å²) in [5, 5.41) is 6.50. The zero-order valence-electron chi connectivity index (χ0n) is 15.8. The number of carbonyl (C=O) groups excluding carboxylic acids is 1. The van der Waals surface area contributed by atoms with Crippen LogP contribution in [0.2, 0.25) is 0 Å². The smallest absolute Gasteiger partial charge is 0.412 e. The minimum absolute atomic E-state index is 0.439. The molecule has 3 rings (SSSR count). The highest BCUT2D eigenvalue weighted by atomic mass is 31.1. The van der Waals surface area contributed by atoms with Crippen molar-refractivity contribution >= 4 is 35.6 Å². The second-order valence-electron chi connectivity index (χ2n) is 7.15. The van der Waals surface area contributed by atoms with E-state index < -0.39 is 19.6 Å². The Morgan fingerprint density at radius 3 is 1.78 bits per heavy atom. The zero-order valence-corrected chi connectivity index (χ0v) is 16.7. The number of rotatable bonds is 4. The van der Waals surface area contributed by atoms with Crippen molar-refractivity contribution in [2.24, 2.45) is 0 Å². The van der Waals surface area contributed by atoms with Gasteiger partial charge in [0.2, 0.25) is 0 Å². The molecule has 0 heterocycles. The number of hydrogen-bond acceptors (Lipinski definition) is 2. The van der Waals surface area contributed by atoms with Crippen LogP contribution in [0.15, 0.2) is 84.9 Å². The molecule has 0 unspecified atom stereocenters. The second kappa shape index (κ2) is 8.37. The standard InChI is InChI=1S/C23H24NO2P/c1-23(2,3)26-22(25)24-20-16-10-11-17-21(20)27(18-12-6-4-7-13-18)19-14-8-5-9-15-19/h4-17H,1-3H3,(H,24,25). The minimum Gasteiger partial charge on any atom is -0.444 e. The molecular weight excluding hydrogens is 353 g/mol. The monoisotopic (exact) mass is 377 g/mol. The lowest BCUT2D eigenvalue weighted by atomic mass is 10.2. The van der Waals surface area contributed by atoms with Crippen molar-refractivity contribution in [3.05, 3.63) is 84.9 Å². The van der Waals surface area contributed by atoms with Crippen LogP contribution < -0.4 is 21.2 Å². The fourth-order valence-corrected chi connectivity index (χ4v) is 5.17. The molecule has 0 saturated carbocycles. The third-order valence-corrected chi connectivity index (χ3v) is 6.31. The Bertz CT molecular complexity index is 850. The van der Waals surface area contributed by atoms with Crippen molar-refractivity contribution in [2.75, 3.05) is 5.32 Å². The Morgan fingerprint density at radius 1 is 0.778 bits per heavy atom. The Kier molecular flexibility index (Phi) is 5.93. The van der Waals surface area contributed by atoms with E-state index in [2.05, 4.69) is 59.9 Å². The van der Waals surface area contributed by atoms with Gasteiger partial charge in [-0.1, -0.05) is 78.9 Å². The van der Waals surface area contributed by atoms with Crippen molar-refractivity contribution in [2.45, 2.75) is 26.4 Å². The van der Waals surface area contributed by atoms with Crippen LogP contribution in [0.3, 0.4) is 0 Å². The topological polar surface area (TPSA) is 38.3 Å². The molecule has 0 spiro atoms.